The zero-order chi connectivity index (χ0) is 19.2. The van der Waals surface area contributed by atoms with Crippen LogP contribution >= 0.6 is 0 Å². The highest BCUT2D eigenvalue weighted by Gasteiger charge is 2.19. The summed E-state index contributed by atoms with van der Waals surface area (Å²) in [7, 11) is 1.53. The van der Waals surface area contributed by atoms with Crippen molar-refractivity contribution in [1.82, 2.24) is 14.9 Å². The van der Waals surface area contributed by atoms with Crippen LogP contribution in [0.4, 0.5) is 8.78 Å². The Kier molecular flexibility index (Phi) is 6.26. The average molecular weight is 379 g/mol. The van der Waals surface area contributed by atoms with E-state index in [1.807, 2.05) is 0 Å². The standard InChI is InChI=1S/C19H23F2N3O3/c1-26-16-12-13(6-7-15(16)27-14-4-2-3-5-14)18(25)23-9-8-17-22-10-11-24(17)19(20)21/h6-7,10-12,14,19H,2-5,8-9H2,1H3,(H,23,25). The van der Waals surface area contributed by atoms with Crippen LogP contribution < -0.4 is 14.8 Å². The molecule has 1 aromatic carbocycles. The van der Waals surface area contributed by atoms with Crippen LogP contribution in [-0.2, 0) is 6.42 Å². The Labute approximate surface area is 156 Å². The van der Waals surface area contributed by atoms with Gasteiger partial charge in [0.25, 0.3) is 5.91 Å². The summed E-state index contributed by atoms with van der Waals surface area (Å²) >= 11 is 0. The number of carbonyl (C=O) groups is 1. The molecule has 1 aliphatic carbocycles. The molecule has 8 heteroatoms. The van der Waals surface area contributed by atoms with E-state index >= 15 is 0 Å². The quantitative estimate of drug-likeness (QED) is 0.761. The molecule has 0 spiro atoms. The third-order valence-corrected chi connectivity index (χ3v) is 4.61. The van der Waals surface area contributed by atoms with Crippen LogP contribution in [0.1, 0.15) is 48.4 Å². The van der Waals surface area contributed by atoms with Gasteiger partial charge in [-0.05, 0) is 43.9 Å². The second kappa shape index (κ2) is 8.83. The number of methoxy groups -OCH3 is 1. The molecule has 0 aliphatic heterocycles. The van der Waals surface area contributed by atoms with Gasteiger partial charge in [0.05, 0.1) is 13.2 Å². The van der Waals surface area contributed by atoms with Crippen LogP contribution in [0.5, 0.6) is 11.5 Å². The summed E-state index contributed by atoms with van der Waals surface area (Å²) in [5.41, 5.74) is 0.419. The Balaban J connectivity index is 1.58. The summed E-state index contributed by atoms with van der Waals surface area (Å²) in [6, 6.07) is 5.03. The van der Waals surface area contributed by atoms with Gasteiger partial charge >= 0.3 is 6.55 Å². The molecule has 3 rings (SSSR count). The number of amides is 1. The predicted molar refractivity (Wildman–Crippen MR) is 95.4 cm³/mol. The first-order valence-electron chi connectivity index (χ1n) is 9.01. The van der Waals surface area contributed by atoms with Crippen LogP contribution in [-0.4, -0.2) is 35.2 Å². The second-order valence-corrected chi connectivity index (χ2v) is 6.42. The lowest BCUT2D eigenvalue weighted by Crippen LogP contribution is -2.26. The zero-order valence-corrected chi connectivity index (χ0v) is 15.2. The minimum absolute atomic E-state index is 0.192. The first-order valence-corrected chi connectivity index (χ1v) is 9.01. The average Bonchev–Trinajstić information content (AvgIpc) is 3.33. The highest BCUT2D eigenvalue weighted by molar-refractivity contribution is 5.94. The first kappa shape index (κ1) is 19.1. The Morgan fingerprint density at radius 1 is 1.33 bits per heavy atom. The molecule has 27 heavy (non-hydrogen) atoms. The van der Waals surface area contributed by atoms with Gasteiger partial charge in [0.15, 0.2) is 11.5 Å². The predicted octanol–water partition coefficient (Wildman–Crippen LogP) is 3.58. The van der Waals surface area contributed by atoms with Gasteiger partial charge in [-0.3, -0.25) is 9.36 Å². The van der Waals surface area contributed by atoms with Gasteiger partial charge in [-0.1, -0.05) is 0 Å². The molecule has 0 saturated heterocycles. The van der Waals surface area contributed by atoms with E-state index in [0.717, 1.165) is 30.3 Å². The molecule has 1 aliphatic rings. The fourth-order valence-corrected chi connectivity index (χ4v) is 3.20. The molecule has 0 radical (unpaired) electrons. The van der Waals surface area contributed by atoms with Gasteiger partial charge < -0.3 is 14.8 Å². The number of alkyl halides is 2. The van der Waals surface area contributed by atoms with Crippen LogP contribution in [0.2, 0.25) is 0 Å². The topological polar surface area (TPSA) is 65.4 Å². The van der Waals surface area contributed by atoms with Gasteiger partial charge in [0, 0.05) is 30.9 Å². The second-order valence-electron chi connectivity index (χ2n) is 6.42. The zero-order valence-electron chi connectivity index (χ0n) is 15.2. The molecule has 1 amide bonds. The van der Waals surface area contributed by atoms with E-state index in [-0.39, 0.29) is 30.8 Å². The fourth-order valence-electron chi connectivity index (χ4n) is 3.20. The maximum Gasteiger partial charge on any atom is 0.319 e. The molecule has 146 valence electrons. The number of benzene rings is 1. The molecular weight excluding hydrogens is 356 g/mol. The van der Waals surface area contributed by atoms with Gasteiger partial charge in [0.2, 0.25) is 0 Å². The molecule has 1 aromatic heterocycles. The Bertz CT molecular complexity index is 773. The lowest BCUT2D eigenvalue weighted by molar-refractivity contribution is 0.0670. The van der Waals surface area contributed by atoms with E-state index in [1.54, 1.807) is 18.2 Å². The third kappa shape index (κ3) is 4.75. The molecule has 6 nitrogen and oxygen atoms in total. The van der Waals surface area contributed by atoms with Gasteiger partial charge in [-0.25, -0.2) is 4.98 Å². The number of nitrogens with one attached hydrogen (secondary N) is 1. The molecule has 1 N–H and O–H groups in total. The molecule has 1 heterocycles. The smallest absolute Gasteiger partial charge is 0.319 e. The van der Waals surface area contributed by atoms with E-state index in [0.29, 0.717) is 17.1 Å². The van der Waals surface area contributed by atoms with Gasteiger partial charge in [-0.2, -0.15) is 8.78 Å². The summed E-state index contributed by atoms with van der Waals surface area (Å²) in [4.78, 5) is 16.2. The maximum atomic E-state index is 12.8. The molecule has 0 atom stereocenters. The van der Waals surface area contributed by atoms with E-state index in [2.05, 4.69) is 10.3 Å². The first-order chi connectivity index (χ1) is 13.1. The Hall–Kier alpha value is -2.64. The van der Waals surface area contributed by atoms with Gasteiger partial charge in [-0.15, -0.1) is 0 Å². The van der Waals surface area contributed by atoms with Crippen molar-refractivity contribution in [3.8, 4) is 11.5 Å². The van der Waals surface area contributed by atoms with Crippen molar-refractivity contribution in [3.05, 3.63) is 42.0 Å². The number of imidazole rings is 1. The molecule has 0 bridgehead atoms. The van der Waals surface area contributed by atoms with Crippen molar-refractivity contribution in [1.29, 1.82) is 0 Å². The molecular formula is C19H23F2N3O3. The SMILES string of the molecule is COc1cc(C(=O)NCCc2nccn2C(F)F)ccc1OC1CCCC1. The van der Waals surface area contributed by atoms with Crippen molar-refractivity contribution < 1.29 is 23.0 Å². The Morgan fingerprint density at radius 2 is 2.11 bits per heavy atom. The lowest BCUT2D eigenvalue weighted by Gasteiger charge is -2.16. The fraction of sp³-hybridized carbons (Fsp3) is 0.474. The lowest BCUT2D eigenvalue weighted by atomic mass is 10.2. The van der Waals surface area contributed by atoms with Crippen LogP contribution in [0.25, 0.3) is 0 Å². The third-order valence-electron chi connectivity index (χ3n) is 4.61. The number of carbonyl (C=O) groups excluding carboxylic acids is 1. The number of halogens is 2. The molecule has 0 unspecified atom stereocenters. The number of nitrogens with zero attached hydrogens (tertiary/aromatic N) is 2. The normalized spacial score (nSPS) is 14.5. The van der Waals surface area contributed by atoms with E-state index in [9.17, 15) is 13.6 Å². The maximum absolute atomic E-state index is 12.8. The minimum atomic E-state index is -2.64. The molecule has 2 aromatic rings. The van der Waals surface area contributed by atoms with E-state index in [4.69, 9.17) is 9.47 Å². The summed E-state index contributed by atoms with van der Waals surface area (Å²) in [5, 5.41) is 2.71. The number of aromatic nitrogens is 2. The van der Waals surface area contributed by atoms with E-state index in [1.165, 1.54) is 19.5 Å². The summed E-state index contributed by atoms with van der Waals surface area (Å²) in [6.07, 6.45) is 7.32. The molecule has 1 fully saturated rings. The summed E-state index contributed by atoms with van der Waals surface area (Å²) in [5.74, 6) is 1.04. The highest BCUT2D eigenvalue weighted by atomic mass is 19.3. The van der Waals surface area contributed by atoms with Gasteiger partial charge in [0.1, 0.15) is 5.82 Å². The van der Waals surface area contributed by atoms with Crippen molar-refractivity contribution in [3.63, 3.8) is 0 Å². The monoisotopic (exact) mass is 379 g/mol. The van der Waals surface area contributed by atoms with E-state index < -0.39 is 6.55 Å². The van der Waals surface area contributed by atoms with Crippen molar-refractivity contribution in [2.24, 2.45) is 0 Å². The number of ether oxygens (including phenoxy) is 2. The molecule has 1 saturated carbocycles. The number of rotatable bonds is 8. The van der Waals surface area contributed by atoms with Crippen molar-refractivity contribution >= 4 is 5.91 Å². The minimum Gasteiger partial charge on any atom is -0.493 e. The van der Waals surface area contributed by atoms with Crippen molar-refractivity contribution in [2.45, 2.75) is 44.8 Å². The van der Waals surface area contributed by atoms with Crippen LogP contribution in [0, 0.1) is 0 Å². The number of hydrogen-bond acceptors (Lipinski definition) is 4. The largest absolute Gasteiger partial charge is 0.493 e. The number of hydrogen-bond donors (Lipinski definition) is 1. The van der Waals surface area contributed by atoms with Crippen LogP contribution in [0.15, 0.2) is 30.6 Å². The Morgan fingerprint density at radius 3 is 2.81 bits per heavy atom. The summed E-state index contributed by atoms with van der Waals surface area (Å²) < 4.78 is 37.7. The van der Waals surface area contributed by atoms with Crippen molar-refractivity contribution in [2.75, 3.05) is 13.7 Å². The van der Waals surface area contributed by atoms with Crippen LogP contribution in [0.3, 0.4) is 0 Å². The highest BCUT2D eigenvalue weighted by Crippen LogP contribution is 2.32. The summed E-state index contributed by atoms with van der Waals surface area (Å²) in [6.45, 7) is -2.44.